The van der Waals surface area contributed by atoms with Crippen molar-refractivity contribution in [1.82, 2.24) is 9.55 Å². The van der Waals surface area contributed by atoms with Gasteiger partial charge in [-0.25, -0.2) is 4.98 Å². The molecule has 0 saturated carbocycles. The number of nitrogens with two attached hydrogens (primary N) is 1. The number of rotatable bonds is 8. The average molecular weight is 375 g/mol. The number of thioether (sulfide) groups is 1. The van der Waals surface area contributed by atoms with Crippen LogP contribution in [0, 0.1) is 13.8 Å². The molecular formula is C19H26N4O2S. The summed E-state index contributed by atoms with van der Waals surface area (Å²) in [4.78, 5) is 28.2. The van der Waals surface area contributed by atoms with Gasteiger partial charge in [0.2, 0.25) is 11.8 Å². The Morgan fingerprint density at radius 1 is 1.27 bits per heavy atom. The second kappa shape index (κ2) is 8.89. The van der Waals surface area contributed by atoms with E-state index in [2.05, 4.69) is 28.7 Å². The summed E-state index contributed by atoms with van der Waals surface area (Å²) in [5.74, 6) is -0.598. The van der Waals surface area contributed by atoms with E-state index in [1.165, 1.54) is 11.8 Å². The van der Waals surface area contributed by atoms with Gasteiger partial charge in [0.25, 0.3) is 0 Å². The third kappa shape index (κ3) is 4.88. The molecule has 0 aliphatic rings. The van der Waals surface area contributed by atoms with Gasteiger partial charge in [0.1, 0.15) is 0 Å². The van der Waals surface area contributed by atoms with E-state index in [-0.39, 0.29) is 11.2 Å². The summed E-state index contributed by atoms with van der Waals surface area (Å²) in [6, 6.07) is 6.54. The molecule has 6 nitrogen and oxygen atoms in total. The highest BCUT2D eigenvalue weighted by Gasteiger charge is 2.19. The predicted molar refractivity (Wildman–Crippen MR) is 106 cm³/mol. The van der Waals surface area contributed by atoms with E-state index in [0.717, 1.165) is 35.9 Å². The number of amides is 2. The lowest BCUT2D eigenvalue weighted by molar-refractivity contribution is -0.115. The number of aromatic nitrogens is 2. The molecule has 2 aromatic rings. The van der Waals surface area contributed by atoms with Crippen molar-refractivity contribution in [2.45, 2.75) is 57.5 Å². The minimum Gasteiger partial charge on any atom is -0.366 e. The highest BCUT2D eigenvalue weighted by molar-refractivity contribution is 8.00. The van der Waals surface area contributed by atoms with Crippen LogP contribution in [0.1, 0.15) is 48.4 Å². The zero-order chi connectivity index (χ0) is 19.3. The van der Waals surface area contributed by atoms with Crippen LogP contribution in [0.2, 0.25) is 0 Å². The van der Waals surface area contributed by atoms with Gasteiger partial charge in [-0.15, -0.1) is 0 Å². The molecule has 140 valence electrons. The molecule has 1 heterocycles. The van der Waals surface area contributed by atoms with Crippen LogP contribution in [0.25, 0.3) is 0 Å². The molecule has 0 aliphatic carbocycles. The van der Waals surface area contributed by atoms with Gasteiger partial charge in [0, 0.05) is 23.5 Å². The van der Waals surface area contributed by atoms with Gasteiger partial charge in [0.15, 0.2) is 5.16 Å². The fourth-order valence-corrected chi connectivity index (χ4v) is 3.49. The van der Waals surface area contributed by atoms with Crippen molar-refractivity contribution in [3.05, 3.63) is 41.2 Å². The molecule has 26 heavy (non-hydrogen) atoms. The molecule has 1 aromatic heterocycles. The Kier molecular flexibility index (Phi) is 6.85. The number of nitrogens with zero attached hydrogens (tertiary/aromatic N) is 2. The Balaban J connectivity index is 2.05. The Morgan fingerprint density at radius 3 is 2.50 bits per heavy atom. The largest absolute Gasteiger partial charge is 0.366 e. The number of carbonyl (C=O) groups is 2. The highest BCUT2D eigenvalue weighted by atomic mass is 32.2. The number of hydrogen-bond donors (Lipinski definition) is 2. The number of unbranched alkanes of at least 4 members (excludes halogenated alkanes) is 1. The molecule has 2 amide bonds. The number of hydrogen-bond acceptors (Lipinski definition) is 4. The Hall–Kier alpha value is -2.28. The van der Waals surface area contributed by atoms with Crippen molar-refractivity contribution in [2.24, 2.45) is 5.73 Å². The average Bonchev–Trinajstić information content (AvgIpc) is 2.87. The third-order valence-corrected chi connectivity index (χ3v) is 5.34. The van der Waals surface area contributed by atoms with Gasteiger partial charge < -0.3 is 15.6 Å². The maximum Gasteiger partial charge on any atom is 0.248 e. The molecule has 1 atom stereocenters. The Bertz CT molecular complexity index is 784. The summed E-state index contributed by atoms with van der Waals surface area (Å²) < 4.78 is 2.19. The zero-order valence-electron chi connectivity index (χ0n) is 15.7. The van der Waals surface area contributed by atoms with E-state index >= 15 is 0 Å². The molecule has 0 fully saturated rings. The van der Waals surface area contributed by atoms with Crippen LogP contribution in [0.5, 0.6) is 0 Å². The summed E-state index contributed by atoms with van der Waals surface area (Å²) in [5, 5.41) is 3.44. The quantitative estimate of drug-likeness (QED) is 0.692. The fourth-order valence-electron chi connectivity index (χ4n) is 2.47. The molecule has 0 radical (unpaired) electrons. The summed E-state index contributed by atoms with van der Waals surface area (Å²) in [5.41, 5.74) is 8.42. The maximum absolute atomic E-state index is 12.5. The van der Waals surface area contributed by atoms with Gasteiger partial charge in [0.05, 0.1) is 10.9 Å². The number of benzene rings is 1. The molecule has 3 N–H and O–H groups in total. The lowest BCUT2D eigenvalue weighted by Crippen LogP contribution is -2.23. The number of anilines is 1. The third-order valence-electron chi connectivity index (χ3n) is 4.25. The van der Waals surface area contributed by atoms with Crippen molar-refractivity contribution < 1.29 is 9.59 Å². The fraction of sp³-hybridized carbons (Fsp3) is 0.421. The first kappa shape index (κ1) is 20.0. The summed E-state index contributed by atoms with van der Waals surface area (Å²) >= 11 is 1.46. The van der Waals surface area contributed by atoms with Crippen LogP contribution < -0.4 is 11.1 Å². The lowest BCUT2D eigenvalue weighted by Gasteiger charge is -2.14. The predicted octanol–water partition coefficient (Wildman–Crippen LogP) is 3.52. The van der Waals surface area contributed by atoms with Crippen molar-refractivity contribution in [3.63, 3.8) is 0 Å². The van der Waals surface area contributed by atoms with Crippen LogP contribution in [0.3, 0.4) is 0 Å². The van der Waals surface area contributed by atoms with Gasteiger partial charge in [-0.2, -0.15) is 0 Å². The maximum atomic E-state index is 12.5. The monoisotopic (exact) mass is 374 g/mol. The first-order valence-electron chi connectivity index (χ1n) is 8.74. The summed E-state index contributed by atoms with van der Waals surface area (Å²) in [6.45, 7) is 8.99. The molecule has 2 rings (SSSR count). The van der Waals surface area contributed by atoms with Gasteiger partial charge in [-0.3, -0.25) is 9.59 Å². The number of aryl methyl sites for hydroxylation is 1. The molecule has 0 aliphatic heterocycles. The SMILES string of the molecule is CCCCn1c(SC(C)C(=O)Nc2ccc(C(N)=O)cc2)nc(C)c1C. The van der Waals surface area contributed by atoms with E-state index in [0.29, 0.717) is 11.3 Å². The zero-order valence-corrected chi connectivity index (χ0v) is 16.5. The number of primary amides is 1. The van der Waals surface area contributed by atoms with Crippen LogP contribution in [-0.2, 0) is 11.3 Å². The van der Waals surface area contributed by atoms with Crippen molar-refractivity contribution in [3.8, 4) is 0 Å². The van der Waals surface area contributed by atoms with Crippen molar-refractivity contribution in [2.75, 3.05) is 5.32 Å². The highest BCUT2D eigenvalue weighted by Crippen LogP contribution is 2.26. The van der Waals surface area contributed by atoms with Crippen LogP contribution in [0.4, 0.5) is 5.69 Å². The summed E-state index contributed by atoms with van der Waals surface area (Å²) in [7, 11) is 0. The lowest BCUT2D eigenvalue weighted by atomic mass is 10.2. The topological polar surface area (TPSA) is 90.0 Å². The second-order valence-electron chi connectivity index (χ2n) is 6.26. The smallest absolute Gasteiger partial charge is 0.248 e. The molecule has 0 saturated heterocycles. The molecule has 1 aromatic carbocycles. The molecule has 0 bridgehead atoms. The second-order valence-corrected chi connectivity index (χ2v) is 7.57. The van der Waals surface area contributed by atoms with E-state index in [1.54, 1.807) is 24.3 Å². The van der Waals surface area contributed by atoms with Crippen LogP contribution in [-0.4, -0.2) is 26.6 Å². The number of nitrogens with one attached hydrogen (secondary N) is 1. The Labute approximate surface area is 158 Å². The normalized spacial score (nSPS) is 12.0. The molecule has 7 heteroatoms. The first-order chi connectivity index (χ1) is 12.3. The standard InChI is InChI=1S/C19H26N4O2S/c1-5-6-11-23-13(3)12(2)21-19(23)26-14(4)18(25)22-16-9-7-15(8-10-16)17(20)24/h7-10,14H,5-6,11H2,1-4H3,(H2,20,24)(H,22,25). The number of carbonyl (C=O) groups excluding carboxylic acids is 2. The minimum absolute atomic E-state index is 0.109. The van der Waals surface area contributed by atoms with Gasteiger partial charge >= 0.3 is 0 Å². The molecule has 0 spiro atoms. The van der Waals surface area contributed by atoms with Gasteiger partial charge in [-0.1, -0.05) is 25.1 Å². The van der Waals surface area contributed by atoms with E-state index in [9.17, 15) is 9.59 Å². The van der Waals surface area contributed by atoms with Gasteiger partial charge in [-0.05, 0) is 51.5 Å². The van der Waals surface area contributed by atoms with Crippen LogP contribution >= 0.6 is 11.8 Å². The molecule has 1 unspecified atom stereocenters. The summed E-state index contributed by atoms with van der Waals surface area (Å²) in [6.07, 6.45) is 2.19. The van der Waals surface area contributed by atoms with E-state index in [4.69, 9.17) is 5.73 Å². The first-order valence-corrected chi connectivity index (χ1v) is 9.62. The Morgan fingerprint density at radius 2 is 1.92 bits per heavy atom. The molecular weight excluding hydrogens is 348 g/mol. The van der Waals surface area contributed by atoms with E-state index < -0.39 is 5.91 Å². The minimum atomic E-state index is -0.489. The van der Waals surface area contributed by atoms with Crippen LogP contribution in [0.15, 0.2) is 29.4 Å². The van der Waals surface area contributed by atoms with Crippen molar-refractivity contribution in [1.29, 1.82) is 0 Å². The van der Waals surface area contributed by atoms with Crippen molar-refractivity contribution >= 4 is 29.3 Å². The number of imidazole rings is 1. The van der Waals surface area contributed by atoms with E-state index in [1.807, 2.05) is 13.8 Å².